The molecule has 0 aliphatic carbocycles. The van der Waals surface area contributed by atoms with Gasteiger partial charge in [0.2, 0.25) is 5.91 Å². The first kappa shape index (κ1) is 38.1. The molecule has 1 aromatic rings. The van der Waals surface area contributed by atoms with Gasteiger partial charge in [-0.3, -0.25) is 9.59 Å². The Labute approximate surface area is 269 Å². The van der Waals surface area contributed by atoms with Crippen molar-refractivity contribution in [2.75, 3.05) is 24.6 Å². The average molecular weight is 627 g/mol. The molecular weight excluding hydrogens is 576 g/mol. The van der Waals surface area contributed by atoms with Crippen LogP contribution in [0.15, 0.2) is 97.2 Å². The summed E-state index contributed by atoms with van der Waals surface area (Å²) in [6, 6.07) is 6.94. The summed E-state index contributed by atoms with van der Waals surface area (Å²) in [5, 5.41) is 6.48. The maximum atomic E-state index is 12.5. The van der Waals surface area contributed by atoms with Gasteiger partial charge in [-0.1, -0.05) is 91.4 Å². The van der Waals surface area contributed by atoms with Gasteiger partial charge in [0.05, 0.1) is 0 Å². The van der Waals surface area contributed by atoms with Crippen molar-refractivity contribution in [2.45, 2.75) is 77.7 Å². The molecule has 0 heterocycles. The van der Waals surface area contributed by atoms with Crippen LogP contribution in [0.25, 0.3) is 0 Å². The highest BCUT2D eigenvalue weighted by atomic mass is 35.5. The first-order valence-electron chi connectivity index (χ1n) is 15.3. The van der Waals surface area contributed by atoms with Crippen LogP contribution in [0.4, 0.5) is 0 Å². The van der Waals surface area contributed by atoms with E-state index in [4.69, 9.17) is 16.3 Å². The Morgan fingerprint density at radius 3 is 1.72 bits per heavy atom. The standard InChI is InChI=1S/C36H51ClN2O3S/c1-4-5-6-7-8-9-10-11-12-13-14-15-16-17-18-19-20-21-22-23-34(40)38-28-30-43-31-29-39-35(41)36(2,3)42-33-26-24-32(37)25-27-33/h5-6,8-9,11-12,14-15,17-18,20-21,24-27H,4,7,10,13,16,19,22-23,28-31H2,1-3H3,(H,38,40)(H,39,41). The van der Waals surface area contributed by atoms with Crippen molar-refractivity contribution in [3.05, 3.63) is 102 Å². The minimum absolute atomic E-state index is 0.0644. The molecule has 0 spiro atoms. The number of hydrogen-bond acceptors (Lipinski definition) is 4. The summed E-state index contributed by atoms with van der Waals surface area (Å²) in [6.45, 7) is 6.77. The fourth-order valence-corrected chi connectivity index (χ4v) is 4.42. The number of thioether (sulfide) groups is 1. The minimum atomic E-state index is -0.990. The Morgan fingerprint density at radius 1 is 0.744 bits per heavy atom. The molecule has 7 heteroatoms. The molecule has 2 N–H and O–H groups in total. The molecule has 0 saturated heterocycles. The summed E-state index contributed by atoms with van der Waals surface area (Å²) in [5.74, 6) is 2.04. The summed E-state index contributed by atoms with van der Waals surface area (Å²) in [6.07, 6.45) is 33.2. The lowest BCUT2D eigenvalue weighted by Gasteiger charge is -2.25. The van der Waals surface area contributed by atoms with Crippen LogP contribution in [0.2, 0.25) is 5.02 Å². The van der Waals surface area contributed by atoms with E-state index in [1.54, 1.807) is 49.9 Å². The molecule has 1 aromatic carbocycles. The maximum Gasteiger partial charge on any atom is 0.263 e. The molecule has 1 rings (SSSR count). The van der Waals surface area contributed by atoms with E-state index in [9.17, 15) is 9.59 Å². The summed E-state index contributed by atoms with van der Waals surface area (Å²) in [4.78, 5) is 24.5. The first-order valence-corrected chi connectivity index (χ1v) is 16.9. The second-order valence-corrected chi connectivity index (χ2v) is 11.9. The second-order valence-electron chi connectivity index (χ2n) is 10.2. The van der Waals surface area contributed by atoms with Gasteiger partial charge in [0.1, 0.15) is 5.75 Å². The number of benzene rings is 1. The van der Waals surface area contributed by atoms with Crippen molar-refractivity contribution in [1.29, 1.82) is 0 Å². The van der Waals surface area contributed by atoms with Crippen LogP contribution in [0, 0.1) is 0 Å². The molecule has 0 atom stereocenters. The zero-order valence-corrected chi connectivity index (χ0v) is 27.8. The molecule has 2 amide bonds. The average Bonchev–Trinajstić information content (AvgIpc) is 2.98. The number of nitrogens with one attached hydrogen (secondary N) is 2. The zero-order chi connectivity index (χ0) is 31.4. The molecule has 0 aromatic heterocycles. The van der Waals surface area contributed by atoms with Gasteiger partial charge in [-0.15, -0.1) is 0 Å². The van der Waals surface area contributed by atoms with Crippen LogP contribution in [-0.4, -0.2) is 42.0 Å². The topological polar surface area (TPSA) is 67.4 Å². The molecular formula is C36H51ClN2O3S. The molecule has 43 heavy (non-hydrogen) atoms. The quantitative estimate of drug-likeness (QED) is 0.0940. The van der Waals surface area contributed by atoms with E-state index in [2.05, 4.69) is 90.5 Å². The van der Waals surface area contributed by atoms with Crippen LogP contribution in [-0.2, 0) is 9.59 Å². The largest absolute Gasteiger partial charge is 0.478 e. The third kappa shape index (κ3) is 22.3. The van der Waals surface area contributed by atoms with Crippen LogP contribution in [0.5, 0.6) is 5.75 Å². The summed E-state index contributed by atoms with van der Waals surface area (Å²) >= 11 is 7.58. The Morgan fingerprint density at radius 2 is 1.21 bits per heavy atom. The van der Waals surface area contributed by atoms with Crippen molar-refractivity contribution >= 4 is 35.2 Å². The van der Waals surface area contributed by atoms with Gasteiger partial charge >= 0.3 is 0 Å². The van der Waals surface area contributed by atoms with Gasteiger partial charge in [0, 0.05) is 36.0 Å². The number of ether oxygens (including phenoxy) is 1. The number of carbonyl (C=O) groups is 2. The molecule has 0 unspecified atom stereocenters. The Bertz CT molecular complexity index is 1070. The molecule has 0 saturated carbocycles. The van der Waals surface area contributed by atoms with E-state index in [0.717, 1.165) is 56.5 Å². The highest BCUT2D eigenvalue weighted by Gasteiger charge is 2.29. The van der Waals surface area contributed by atoms with Crippen molar-refractivity contribution in [3.8, 4) is 5.75 Å². The number of halogens is 1. The lowest BCUT2D eigenvalue weighted by molar-refractivity contribution is -0.134. The van der Waals surface area contributed by atoms with Crippen LogP contribution in [0.1, 0.15) is 72.1 Å². The zero-order valence-electron chi connectivity index (χ0n) is 26.2. The Hall–Kier alpha value is -2.96. The predicted molar refractivity (Wildman–Crippen MR) is 187 cm³/mol. The Kier molecular flexibility index (Phi) is 22.6. The van der Waals surface area contributed by atoms with Crippen LogP contribution >= 0.6 is 23.4 Å². The number of amides is 2. The highest BCUT2D eigenvalue weighted by molar-refractivity contribution is 7.99. The lowest BCUT2D eigenvalue weighted by atomic mass is 10.1. The molecule has 0 fully saturated rings. The highest BCUT2D eigenvalue weighted by Crippen LogP contribution is 2.21. The lowest BCUT2D eigenvalue weighted by Crippen LogP contribution is -2.47. The summed E-state index contributed by atoms with van der Waals surface area (Å²) in [5.41, 5.74) is -0.990. The van der Waals surface area contributed by atoms with E-state index >= 15 is 0 Å². The van der Waals surface area contributed by atoms with Crippen molar-refractivity contribution in [3.63, 3.8) is 0 Å². The van der Waals surface area contributed by atoms with Gasteiger partial charge < -0.3 is 15.4 Å². The molecule has 0 radical (unpaired) electrons. The monoisotopic (exact) mass is 626 g/mol. The van der Waals surface area contributed by atoms with Gasteiger partial charge in [-0.05, 0) is 83.1 Å². The molecule has 0 aliphatic rings. The summed E-state index contributed by atoms with van der Waals surface area (Å²) < 4.78 is 5.80. The van der Waals surface area contributed by atoms with Crippen molar-refractivity contribution in [2.24, 2.45) is 0 Å². The first-order chi connectivity index (χ1) is 20.8. The molecule has 0 aliphatic heterocycles. The van der Waals surface area contributed by atoms with Gasteiger partial charge in [-0.2, -0.15) is 11.8 Å². The third-order valence-electron chi connectivity index (χ3n) is 5.97. The second kappa shape index (κ2) is 25.5. The SMILES string of the molecule is CCC=CCC=CCC=CCC=CCC=CCC=CCCC(=O)NCCSCCNC(=O)C(C)(C)Oc1ccc(Cl)cc1. The smallest absolute Gasteiger partial charge is 0.263 e. The number of hydrogen-bond donors (Lipinski definition) is 2. The molecule has 0 bridgehead atoms. The minimum Gasteiger partial charge on any atom is -0.478 e. The number of rotatable bonds is 23. The fourth-order valence-electron chi connectivity index (χ4n) is 3.60. The predicted octanol–water partition coefficient (Wildman–Crippen LogP) is 8.94. The fraction of sp³-hybridized carbons (Fsp3) is 0.444. The molecule has 5 nitrogen and oxygen atoms in total. The van der Waals surface area contributed by atoms with E-state index in [0.29, 0.717) is 30.3 Å². The maximum absolute atomic E-state index is 12.5. The van der Waals surface area contributed by atoms with Gasteiger partial charge in [-0.25, -0.2) is 0 Å². The molecule has 236 valence electrons. The van der Waals surface area contributed by atoms with E-state index in [-0.39, 0.29) is 11.8 Å². The van der Waals surface area contributed by atoms with Crippen molar-refractivity contribution < 1.29 is 14.3 Å². The Balaban J connectivity index is 1.98. The van der Waals surface area contributed by atoms with Crippen LogP contribution in [0.3, 0.4) is 0 Å². The number of allylic oxidation sites excluding steroid dienone is 12. The van der Waals surface area contributed by atoms with Gasteiger partial charge in [0.25, 0.3) is 5.91 Å². The third-order valence-corrected chi connectivity index (χ3v) is 7.21. The van der Waals surface area contributed by atoms with Gasteiger partial charge in [0.15, 0.2) is 5.60 Å². The van der Waals surface area contributed by atoms with E-state index in [1.807, 2.05) is 0 Å². The van der Waals surface area contributed by atoms with Crippen molar-refractivity contribution in [1.82, 2.24) is 10.6 Å². The number of carbonyl (C=O) groups excluding carboxylic acids is 2. The normalized spacial score (nSPS) is 12.6. The van der Waals surface area contributed by atoms with Crippen LogP contribution < -0.4 is 15.4 Å². The van der Waals surface area contributed by atoms with E-state index in [1.165, 1.54) is 0 Å². The summed E-state index contributed by atoms with van der Waals surface area (Å²) in [7, 11) is 0. The van der Waals surface area contributed by atoms with E-state index < -0.39 is 5.60 Å².